The molecule has 6 nitrogen and oxygen atoms in total. The lowest BCUT2D eigenvalue weighted by molar-refractivity contribution is -0.132. The molecule has 0 atom stereocenters. The molecule has 1 aliphatic heterocycles. The van der Waals surface area contributed by atoms with Gasteiger partial charge >= 0.3 is 0 Å². The molecule has 1 rings (SSSR count). The molecule has 0 unspecified atom stereocenters. The fourth-order valence-corrected chi connectivity index (χ4v) is 1.65. The van der Waals surface area contributed by atoms with E-state index in [0.717, 1.165) is 19.4 Å². The Labute approximate surface area is 95.8 Å². The fraction of sp³-hybridized carbons (Fsp3) is 0.900. The van der Waals surface area contributed by atoms with E-state index in [1.165, 1.54) is 0 Å². The van der Waals surface area contributed by atoms with E-state index in [9.17, 15) is 4.79 Å². The zero-order chi connectivity index (χ0) is 12.0. The minimum absolute atomic E-state index is 0.0544. The smallest absolute Gasteiger partial charge is 0.236 e. The molecule has 0 aromatic heterocycles. The van der Waals surface area contributed by atoms with Crippen molar-refractivity contribution in [2.45, 2.75) is 25.8 Å². The van der Waals surface area contributed by atoms with E-state index in [2.05, 4.69) is 16.9 Å². The van der Waals surface area contributed by atoms with Gasteiger partial charge in [0.2, 0.25) is 5.91 Å². The predicted molar refractivity (Wildman–Crippen MR) is 61.9 cm³/mol. The van der Waals surface area contributed by atoms with Gasteiger partial charge in [-0.05, 0) is 12.0 Å². The highest BCUT2D eigenvalue weighted by Crippen LogP contribution is 2.11. The zero-order valence-corrected chi connectivity index (χ0v) is 9.96. The molecule has 0 N–H and O–H groups in total. The monoisotopic (exact) mass is 225 g/mol. The maximum atomic E-state index is 11.7. The Balaban J connectivity index is 2.18. The van der Waals surface area contributed by atoms with E-state index in [4.69, 9.17) is 5.53 Å². The zero-order valence-electron chi connectivity index (χ0n) is 9.96. The highest BCUT2D eigenvalue weighted by molar-refractivity contribution is 5.78. The van der Waals surface area contributed by atoms with Gasteiger partial charge in [0.15, 0.2) is 0 Å². The van der Waals surface area contributed by atoms with Crippen LogP contribution in [0.1, 0.15) is 19.8 Å². The number of likely N-dealkylation sites (N-methyl/N-ethyl adjacent to an activating group) is 1. The Morgan fingerprint density at radius 2 is 2.31 bits per heavy atom. The largest absolute Gasteiger partial charge is 0.345 e. The Morgan fingerprint density at radius 3 is 2.88 bits per heavy atom. The highest BCUT2D eigenvalue weighted by atomic mass is 16.2. The van der Waals surface area contributed by atoms with Crippen LogP contribution in [0.5, 0.6) is 0 Å². The topological polar surface area (TPSA) is 72.3 Å². The number of carbonyl (C=O) groups excluding carboxylic acids is 1. The van der Waals surface area contributed by atoms with Gasteiger partial charge in [-0.25, -0.2) is 0 Å². The second-order valence-electron chi connectivity index (χ2n) is 4.22. The molecule has 90 valence electrons. The number of nitrogens with zero attached hydrogens (tertiary/aromatic N) is 5. The molecule has 0 radical (unpaired) electrons. The van der Waals surface area contributed by atoms with Crippen molar-refractivity contribution < 1.29 is 4.79 Å². The SMILES string of the molecule is CCCCN(C)C(=O)CN1CC(N=[N+]=[N-])C1. The van der Waals surface area contributed by atoms with E-state index in [1.54, 1.807) is 4.90 Å². The molecule has 0 bridgehead atoms. The minimum Gasteiger partial charge on any atom is -0.345 e. The maximum absolute atomic E-state index is 11.7. The van der Waals surface area contributed by atoms with Crippen LogP contribution in [0.3, 0.4) is 0 Å². The van der Waals surface area contributed by atoms with Crippen LogP contribution in [0, 0.1) is 0 Å². The van der Waals surface area contributed by atoms with Crippen molar-refractivity contribution in [3.63, 3.8) is 0 Å². The Bertz CT molecular complexity index is 281. The van der Waals surface area contributed by atoms with Crippen molar-refractivity contribution in [2.24, 2.45) is 5.11 Å². The average molecular weight is 225 g/mol. The first-order valence-corrected chi connectivity index (χ1v) is 5.68. The molecule has 0 aromatic rings. The van der Waals surface area contributed by atoms with Gasteiger partial charge in [-0.1, -0.05) is 18.5 Å². The number of carbonyl (C=O) groups is 1. The summed E-state index contributed by atoms with van der Waals surface area (Å²) in [6, 6.07) is 0.0544. The first-order chi connectivity index (χ1) is 7.67. The van der Waals surface area contributed by atoms with Crippen molar-refractivity contribution in [1.82, 2.24) is 9.80 Å². The summed E-state index contributed by atoms with van der Waals surface area (Å²) in [5, 5.41) is 3.60. The van der Waals surface area contributed by atoms with E-state index in [1.807, 2.05) is 11.9 Å². The molecule has 6 heteroatoms. The van der Waals surface area contributed by atoms with Gasteiger partial charge in [0.25, 0.3) is 0 Å². The third kappa shape index (κ3) is 3.72. The lowest BCUT2D eigenvalue weighted by Crippen LogP contribution is -2.53. The number of amides is 1. The Kier molecular flexibility index (Phi) is 5.08. The number of likely N-dealkylation sites (tertiary alicyclic amines) is 1. The third-order valence-electron chi connectivity index (χ3n) is 2.78. The Hall–Kier alpha value is -1.26. The Morgan fingerprint density at radius 1 is 1.62 bits per heavy atom. The fourth-order valence-electron chi connectivity index (χ4n) is 1.65. The molecule has 0 aromatic carbocycles. The lowest BCUT2D eigenvalue weighted by Gasteiger charge is -2.36. The van der Waals surface area contributed by atoms with Crippen molar-refractivity contribution in [2.75, 3.05) is 33.2 Å². The van der Waals surface area contributed by atoms with Crippen molar-refractivity contribution in [3.05, 3.63) is 10.4 Å². The molecule has 0 spiro atoms. The van der Waals surface area contributed by atoms with Crippen molar-refractivity contribution >= 4 is 5.91 Å². The molecule has 1 fully saturated rings. The van der Waals surface area contributed by atoms with E-state index in [0.29, 0.717) is 19.6 Å². The second kappa shape index (κ2) is 6.35. The molecule has 1 amide bonds. The third-order valence-corrected chi connectivity index (χ3v) is 2.78. The summed E-state index contributed by atoms with van der Waals surface area (Å²) in [6.45, 7) is 4.79. The van der Waals surface area contributed by atoms with Crippen LogP contribution in [0.2, 0.25) is 0 Å². The van der Waals surface area contributed by atoms with E-state index in [-0.39, 0.29) is 11.9 Å². The van der Waals surface area contributed by atoms with Crippen LogP contribution >= 0.6 is 0 Å². The molecule has 0 saturated carbocycles. The van der Waals surface area contributed by atoms with Crippen LogP contribution in [-0.4, -0.2) is 55.0 Å². The molecule has 1 saturated heterocycles. The summed E-state index contributed by atoms with van der Waals surface area (Å²) in [4.78, 5) is 18.2. The van der Waals surface area contributed by atoms with E-state index >= 15 is 0 Å². The summed E-state index contributed by atoms with van der Waals surface area (Å²) >= 11 is 0. The molecular formula is C10H19N5O. The van der Waals surface area contributed by atoms with Crippen molar-refractivity contribution in [3.8, 4) is 0 Å². The molecular weight excluding hydrogens is 206 g/mol. The molecule has 1 heterocycles. The second-order valence-corrected chi connectivity index (χ2v) is 4.22. The van der Waals surface area contributed by atoms with Crippen LogP contribution in [0.4, 0.5) is 0 Å². The van der Waals surface area contributed by atoms with Crippen molar-refractivity contribution in [1.29, 1.82) is 0 Å². The number of hydrogen-bond donors (Lipinski definition) is 0. The summed E-state index contributed by atoms with van der Waals surface area (Å²) in [7, 11) is 1.84. The van der Waals surface area contributed by atoms with Gasteiger partial charge in [0, 0.05) is 31.6 Å². The van der Waals surface area contributed by atoms with Gasteiger partial charge in [0.1, 0.15) is 0 Å². The van der Waals surface area contributed by atoms with Gasteiger partial charge in [-0.15, -0.1) is 0 Å². The summed E-state index contributed by atoms with van der Waals surface area (Å²) in [6.07, 6.45) is 2.14. The van der Waals surface area contributed by atoms with Gasteiger partial charge in [-0.3, -0.25) is 9.69 Å². The number of azide groups is 1. The van der Waals surface area contributed by atoms with Crippen LogP contribution in [-0.2, 0) is 4.79 Å². The average Bonchev–Trinajstić information content (AvgIpc) is 2.22. The van der Waals surface area contributed by atoms with Gasteiger partial charge < -0.3 is 4.90 Å². The van der Waals surface area contributed by atoms with Gasteiger partial charge in [0.05, 0.1) is 12.6 Å². The van der Waals surface area contributed by atoms with Crippen LogP contribution in [0.15, 0.2) is 5.11 Å². The quantitative estimate of drug-likeness (QED) is 0.387. The molecule has 1 aliphatic rings. The first kappa shape index (κ1) is 12.8. The summed E-state index contributed by atoms with van der Waals surface area (Å²) in [5.74, 6) is 0.146. The number of hydrogen-bond acceptors (Lipinski definition) is 3. The summed E-state index contributed by atoms with van der Waals surface area (Å²) < 4.78 is 0. The van der Waals surface area contributed by atoms with Crippen LogP contribution in [0.25, 0.3) is 10.4 Å². The number of rotatable bonds is 6. The first-order valence-electron chi connectivity index (χ1n) is 5.68. The standard InChI is InChI=1S/C10H19N5O/c1-3-4-5-14(2)10(16)8-15-6-9(7-15)12-13-11/h9H,3-8H2,1-2H3. The van der Waals surface area contributed by atoms with Gasteiger partial charge in [-0.2, -0.15) is 0 Å². The highest BCUT2D eigenvalue weighted by Gasteiger charge is 2.27. The molecule has 0 aliphatic carbocycles. The minimum atomic E-state index is 0.0544. The normalized spacial score (nSPS) is 16.4. The maximum Gasteiger partial charge on any atom is 0.236 e. The lowest BCUT2D eigenvalue weighted by atomic mass is 10.1. The number of unbranched alkanes of at least 4 members (excludes halogenated alkanes) is 1. The van der Waals surface area contributed by atoms with Crippen LogP contribution < -0.4 is 0 Å². The predicted octanol–water partition coefficient (Wildman–Crippen LogP) is 1.24. The molecule has 16 heavy (non-hydrogen) atoms. The summed E-state index contributed by atoms with van der Waals surface area (Å²) in [5.41, 5.74) is 8.22. The van der Waals surface area contributed by atoms with E-state index < -0.39 is 0 Å².